The van der Waals surface area contributed by atoms with Gasteiger partial charge in [-0.2, -0.15) is 4.72 Å². The topological polar surface area (TPSA) is 75.7 Å². The molecule has 0 saturated carbocycles. The number of ether oxygens (including phenoxy) is 1. The molecule has 31 heavy (non-hydrogen) atoms. The molecule has 1 aliphatic rings. The van der Waals surface area contributed by atoms with Crippen molar-refractivity contribution < 1.29 is 22.3 Å². The van der Waals surface area contributed by atoms with E-state index in [1.165, 1.54) is 18.2 Å². The van der Waals surface area contributed by atoms with Crippen LogP contribution in [0.4, 0.5) is 4.39 Å². The van der Waals surface area contributed by atoms with Gasteiger partial charge < -0.3 is 9.64 Å². The number of amides is 1. The van der Waals surface area contributed by atoms with Gasteiger partial charge in [0.05, 0.1) is 6.61 Å². The number of hydrogen-bond acceptors (Lipinski definition) is 4. The van der Waals surface area contributed by atoms with Crippen LogP contribution in [-0.4, -0.2) is 45.0 Å². The SMILES string of the molecule is CC(C)[C@H](NS(=O)(=O)c1ccccc1F)C(=O)N1CCCC(COc2ccccc2)C1. The Morgan fingerprint density at radius 3 is 2.52 bits per heavy atom. The fourth-order valence-corrected chi connectivity index (χ4v) is 5.11. The van der Waals surface area contributed by atoms with Crippen LogP contribution in [0.2, 0.25) is 0 Å². The van der Waals surface area contributed by atoms with E-state index in [0.717, 1.165) is 24.7 Å². The summed E-state index contributed by atoms with van der Waals surface area (Å²) >= 11 is 0. The second-order valence-corrected chi connectivity index (χ2v) is 9.87. The molecule has 8 heteroatoms. The predicted molar refractivity (Wildman–Crippen MR) is 117 cm³/mol. The molecule has 168 valence electrons. The standard InChI is InChI=1S/C23H29FN2O4S/c1-17(2)22(25-31(28,29)21-13-7-6-12-20(21)24)23(27)26-14-8-9-18(15-26)16-30-19-10-4-3-5-11-19/h3-7,10-13,17-18,22,25H,8-9,14-16H2,1-2H3/t18?,22-/m0/s1. The smallest absolute Gasteiger partial charge is 0.244 e. The van der Waals surface area contributed by atoms with Crippen LogP contribution in [0, 0.1) is 17.7 Å². The van der Waals surface area contributed by atoms with Gasteiger partial charge in [0, 0.05) is 19.0 Å². The number of rotatable bonds is 8. The minimum atomic E-state index is -4.18. The highest BCUT2D eigenvalue weighted by molar-refractivity contribution is 7.89. The quantitative estimate of drug-likeness (QED) is 0.671. The van der Waals surface area contributed by atoms with Gasteiger partial charge in [0.2, 0.25) is 15.9 Å². The fraction of sp³-hybridized carbons (Fsp3) is 0.435. The second kappa shape index (κ2) is 10.2. The van der Waals surface area contributed by atoms with Crippen molar-refractivity contribution in [2.45, 2.75) is 37.6 Å². The zero-order valence-corrected chi connectivity index (χ0v) is 18.6. The number of likely N-dealkylation sites (tertiary alicyclic amines) is 1. The first-order valence-electron chi connectivity index (χ1n) is 10.5. The van der Waals surface area contributed by atoms with Gasteiger partial charge in [0.15, 0.2) is 0 Å². The van der Waals surface area contributed by atoms with Crippen LogP contribution in [0.5, 0.6) is 5.75 Å². The number of carbonyl (C=O) groups excluding carboxylic acids is 1. The molecule has 0 radical (unpaired) electrons. The molecule has 6 nitrogen and oxygen atoms in total. The summed E-state index contributed by atoms with van der Waals surface area (Å²) in [6.45, 7) is 5.08. The van der Waals surface area contributed by atoms with Gasteiger partial charge >= 0.3 is 0 Å². The predicted octanol–water partition coefficient (Wildman–Crippen LogP) is 3.45. The van der Waals surface area contributed by atoms with Gasteiger partial charge in [0.1, 0.15) is 22.5 Å². The maximum atomic E-state index is 14.0. The van der Waals surface area contributed by atoms with E-state index in [9.17, 15) is 17.6 Å². The van der Waals surface area contributed by atoms with Crippen LogP contribution in [0.25, 0.3) is 0 Å². The van der Waals surface area contributed by atoms with Crippen LogP contribution < -0.4 is 9.46 Å². The molecule has 0 bridgehead atoms. The highest BCUT2D eigenvalue weighted by Gasteiger charge is 2.34. The molecular weight excluding hydrogens is 419 g/mol. The van der Waals surface area contributed by atoms with E-state index in [1.54, 1.807) is 18.7 Å². The zero-order valence-electron chi connectivity index (χ0n) is 17.8. The van der Waals surface area contributed by atoms with Crippen molar-refractivity contribution >= 4 is 15.9 Å². The van der Waals surface area contributed by atoms with Crippen LogP contribution in [0.3, 0.4) is 0 Å². The molecule has 0 aliphatic carbocycles. The lowest BCUT2D eigenvalue weighted by atomic mass is 9.96. The van der Waals surface area contributed by atoms with Gasteiger partial charge in [-0.05, 0) is 43.0 Å². The van der Waals surface area contributed by atoms with Crippen molar-refractivity contribution in [1.29, 1.82) is 0 Å². The zero-order chi connectivity index (χ0) is 22.4. The lowest BCUT2D eigenvalue weighted by Crippen LogP contribution is -2.53. The minimum Gasteiger partial charge on any atom is -0.493 e. The summed E-state index contributed by atoms with van der Waals surface area (Å²) in [4.78, 5) is 14.5. The third kappa shape index (κ3) is 6.04. The van der Waals surface area contributed by atoms with Crippen LogP contribution >= 0.6 is 0 Å². The summed E-state index contributed by atoms with van der Waals surface area (Å²) in [6, 6.07) is 13.7. The minimum absolute atomic E-state index is 0.161. The average molecular weight is 449 g/mol. The molecular formula is C23H29FN2O4S. The number of nitrogens with zero attached hydrogens (tertiary/aromatic N) is 1. The van der Waals surface area contributed by atoms with Crippen molar-refractivity contribution in [1.82, 2.24) is 9.62 Å². The Hall–Kier alpha value is -2.45. The third-order valence-corrected chi connectivity index (χ3v) is 6.87. The molecule has 0 spiro atoms. The molecule has 1 N–H and O–H groups in total. The number of halogens is 1. The Balaban J connectivity index is 1.67. The Morgan fingerprint density at radius 2 is 1.84 bits per heavy atom. The number of carbonyl (C=O) groups is 1. The highest BCUT2D eigenvalue weighted by atomic mass is 32.2. The first-order valence-corrected chi connectivity index (χ1v) is 12.0. The van der Waals surface area contributed by atoms with E-state index < -0.39 is 26.8 Å². The third-order valence-electron chi connectivity index (χ3n) is 5.40. The Kier molecular flexibility index (Phi) is 7.67. The van der Waals surface area contributed by atoms with E-state index in [4.69, 9.17) is 4.74 Å². The Morgan fingerprint density at radius 1 is 1.16 bits per heavy atom. The number of benzene rings is 2. The lowest BCUT2D eigenvalue weighted by Gasteiger charge is -2.36. The van der Waals surface area contributed by atoms with E-state index >= 15 is 0 Å². The summed E-state index contributed by atoms with van der Waals surface area (Å²) in [7, 11) is -4.18. The lowest BCUT2D eigenvalue weighted by molar-refractivity contribution is -0.136. The molecule has 1 heterocycles. The van der Waals surface area contributed by atoms with Gasteiger partial charge in [-0.3, -0.25) is 4.79 Å². The second-order valence-electron chi connectivity index (χ2n) is 8.19. The first-order chi connectivity index (χ1) is 14.8. The molecule has 1 unspecified atom stereocenters. The van der Waals surface area contributed by atoms with E-state index in [0.29, 0.717) is 19.7 Å². The molecule has 1 aliphatic heterocycles. The summed E-state index contributed by atoms with van der Waals surface area (Å²) in [6.07, 6.45) is 1.75. The van der Waals surface area contributed by atoms with Gasteiger partial charge in [-0.1, -0.05) is 44.2 Å². The number of sulfonamides is 1. The van der Waals surface area contributed by atoms with Crippen molar-refractivity contribution in [3.8, 4) is 5.75 Å². The molecule has 1 saturated heterocycles. The van der Waals surface area contributed by atoms with Crippen LogP contribution in [0.15, 0.2) is 59.5 Å². The number of para-hydroxylation sites is 1. The van der Waals surface area contributed by atoms with E-state index in [1.807, 2.05) is 30.3 Å². The summed E-state index contributed by atoms with van der Waals surface area (Å²) in [5, 5.41) is 0. The Labute approximate surface area is 183 Å². The number of nitrogens with one attached hydrogen (secondary N) is 1. The van der Waals surface area contributed by atoms with Gasteiger partial charge in [-0.15, -0.1) is 0 Å². The molecule has 0 aromatic heterocycles. The van der Waals surface area contributed by atoms with Crippen molar-refractivity contribution in [2.75, 3.05) is 19.7 Å². The molecule has 2 aromatic carbocycles. The van der Waals surface area contributed by atoms with Gasteiger partial charge in [0.25, 0.3) is 0 Å². The molecule has 1 amide bonds. The molecule has 3 rings (SSSR count). The fourth-order valence-electron chi connectivity index (χ4n) is 3.69. The molecule has 2 aromatic rings. The van der Waals surface area contributed by atoms with E-state index in [2.05, 4.69) is 4.72 Å². The van der Waals surface area contributed by atoms with Crippen molar-refractivity contribution in [3.05, 3.63) is 60.4 Å². The normalized spacial score (nSPS) is 18.1. The van der Waals surface area contributed by atoms with Crippen molar-refractivity contribution in [2.24, 2.45) is 11.8 Å². The summed E-state index contributed by atoms with van der Waals surface area (Å²) in [5.41, 5.74) is 0. The highest BCUT2D eigenvalue weighted by Crippen LogP contribution is 2.22. The van der Waals surface area contributed by atoms with Crippen LogP contribution in [0.1, 0.15) is 26.7 Å². The van der Waals surface area contributed by atoms with Crippen molar-refractivity contribution in [3.63, 3.8) is 0 Å². The molecule has 1 fully saturated rings. The largest absolute Gasteiger partial charge is 0.493 e. The first kappa shape index (κ1) is 23.2. The van der Waals surface area contributed by atoms with Gasteiger partial charge in [-0.25, -0.2) is 12.8 Å². The monoisotopic (exact) mass is 448 g/mol. The van der Waals surface area contributed by atoms with E-state index in [-0.39, 0.29) is 17.7 Å². The average Bonchev–Trinajstić information content (AvgIpc) is 2.76. The summed E-state index contributed by atoms with van der Waals surface area (Å²) < 4.78 is 47.8. The maximum Gasteiger partial charge on any atom is 0.244 e. The maximum absolute atomic E-state index is 14.0. The van der Waals surface area contributed by atoms with Crippen LogP contribution in [-0.2, 0) is 14.8 Å². The number of hydrogen-bond donors (Lipinski definition) is 1. The summed E-state index contributed by atoms with van der Waals surface area (Å²) in [5.74, 6) is -0.493. The Bertz CT molecular complexity index is 982. The molecule has 2 atom stereocenters. The number of piperidine rings is 1.